The summed E-state index contributed by atoms with van der Waals surface area (Å²) in [7, 11) is 0. The van der Waals surface area contributed by atoms with E-state index in [2.05, 4.69) is 0 Å². The first-order valence-corrected chi connectivity index (χ1v) is 4.73. The van der Waals surface area contributed by atoms with E-state index in [0.717, 1.165) is 19.6 Å². The fraction of sp³-hybridized carbons (Fsp3) is 0.889. The lowest BCUT2D eigenvalue weighted by Crippen LogP contribution is -2.35. The molecule has 1 aliphatic rings. The van der Waals surface area contributed by atoms with E-state index in [0.29, 0.717) is 13.2 Å². The van der Waals surface area contributed by atoms with Crippen molar-refractivity contribution in [1.29, 1.82) is 0 Å². The second kappa shape index (κ2) is 5.07. The van der Waals surface area contributed by atoms with Crippen LogP contribution in [0.2, 0.25) is 0 Å². The molecule has 0 radical (unpaired) electrons. The average molecular weight is 187 g/mol. The Balaban J connectivity index is 2.35. The van der Waals surface area contributed by atoms with Crippen molar-refractivity contribution in [2.24, 2.45) is 0 Å². The van der Waals surface area contributed by atoms with E-state index in [1.165, 1.54) is 0 Å². The summed E-state index contributed by atoms with van der Waals surface area (Å²) in [4.78, 5) is 13.1. The number of ether oxygens (including phenoxy) is 2. The minimum atomic E-state index is -0.222. The van der Waals surface area contributed by atoms with E-state index >= 15 is 0 Å². The van der Waals surface area contributed by atoms with Crippen molar-refractivity contribution in [2.75, 3.05) is 26.3 Å². The number of carbonyl (C=O) groups is 1. The quantitative estimate of drug-likeness (QED) is 0.620. The van der Waals surface area contributed by atoms with E-state index in [-0.39, 0.29) is 12.2 Å². The van der Waals surface area contributed by atoms with Crippen LogP contribution in [0, 0.1) is 0 Å². The SMILES string of the molecule is CC(C)OC(=O)N1CCCOCC1. The third-order valence-electron chi connectivity index (χ3n) is 1.82. The molecule has 0 aromatic rings. The van der Waals surface area contributed by atoms with Crippen LogP contribution >= 0.6 is 0 Å². The molecule has 13 heavy (non-hydrogen) atoms. The molecule has 1 saturated heterocycles. The highest BCUT2D eigenvalue weighted by Gasteiger charge is 2.17. The van der Waals surface area contributed by atoms with E-state index in [1.807, 2.05) is 13.8 Å². The number of amides is 1. The molecule has 76 valence electrons. The number of hydrogen-bond acceptors (Lipinski definition) is 3. The Kier molecular flexibility index (Phi) is 4.02. The van der Waals surface area contributed by atoms with Crippen molar-refractivity contribution in [3.05, 3.63) is 0 Å². The Morgan fingerprint density at radius 1 is 1.38 bits per heavy atom. The molecule has 0 unspecified atom stereocenters. The lowest BCUT2D eigenvalue weighted by Gasteiger charge is -2.20. The normalized spacial score (nSPS) is 18.5. The molecular weight excluding hydrogens is 170 g/mol. The maximum Gasteiger partial charge on any atom is 0.410 e. The van der Waals surface area contributed by atoms with Gasteiger partial charge >= 0.3 is 6.09 Å². The van der Waals surface area contributed by atoms with Gasteiger partial charge in [0.2, 0.25) is 0 Å². The average Bonchev–Trinajstić information content (AvgIpc) is 2.29. The highest BCUT2D eigenvalue weighted by Crippen LogP contribution is 2.03. The zero-order chi connectivity index (χ0) is 9.68. The molecule has 0 atom stereocenters. The van der Waals surface area contributed by atoms with E-state index in [9.17, 15) is 4.79 Å². The minimum Gasteiger partial charge on any atom is -0.447 e. The Morgan fingerprint density at radius 3 is 2.85 bits per heavy atom. The molecule has 4 nitrogen and oxygen atoms in total. The van der Waals surface area contributed by atoms with Gasteiger partial charge in [0.25, 0.3) is 0 Å². The molecule has 0 N–H and O–H groups in total. The van der Waals surface area contributed by atoms with Crippen LogP contribution in [0.4, 0.5) is 4.79 Å². The molecule has 1 rings (SSSR count). The highest BCUT2D eigenvalue weighted by molar-refractivity contribution is 5.67. The first-order chi connectivity index (χ1) is 6.20. The Labute approximate surface area is 78.8 Å². The molecule has 0 aromatic heterocycles. The van der Waals surface area contributed by atoms with Gasteiger partial charge in [-0.15, -0.1) is 0 Å². The van der Waals surface area contributed by atoms with Crippen LogP contribution in [0.5, 0.6) is 0 Å². The van der Waals surface area contributed by atoms with Crippen molar-refractivity contribution in [1.82, 2.24) is 4.90 Å². The molecule has 4 heteroatoms. The topological polar surface area (TPSA) is 38.8 Å². The van der Waals surface area contributed by atoms with Gasteiger partial charge in [0.05, 0.1) is 12.7 Å². The smallest absolute Gasteiger partial charge is 0.410 e. The molecule has 0 aliphatic carbocycles. The fourth-order valence-corrected chi connectivity index (χ4v) is 1.20. The maximum absolute atomic E-state index is 11.4. The van der Waals surface area contributed by atoms with Crippen LogP contribution in [0.25, 0.3) is 0 Å². The summed E-state index contributed by atoms with van der Waals surface area (Å²) in [6.45, 7) is 6.45. The van der Waals surface area contributed by atoms with Crippen LogP contribution in [-0.2, 0) is 9.47 Å². The summed E-state index contributed by atoms with van der Waals surface area (Å²) in [5.74, 6) is 0. The van der Waals surface area contributed by atoms with Crippen molar-refractivity contribution >= 4 is 6.09 Å². The number of nitrogens with zero attached hydrogens (tertiary/aromatic N) is 1. The van der Waals surface area contributed by atoms with Crippen LogP contribution in [0.1, 0.15) is 20.3 Å². The standard InChI is InChI=1S/C9H17NO3/c1-8(2)13-9(11)10-4-3-6-12-7-5-10/h8H,3-7H2,1-2H3. The van der Waals surface area contributed by atoms with Gasteiger partial charge in [-0.25, -0.2) is 4.79 Å². The summed E-state index contributed by atoms with van der Waals surface area (Å²) in [5.41, 5.74) is 0. The van der Waals surface area contributed by atoms with Crippen molar-refractivity contribution in [3.63, 3.8) is 0 Å². The molecule has 1 aliphatic heterocycles. The first-order valence-electron chi connectivity index (χ1n) is 4.73. The lowest BCUT2D eigenvalue weighted by atomic mass is 10.4. The van der Waals surface area contributed by atoms with Crippen LogP contribution in [-0.4, -0.2) is 43.4 Å². The lowest BCUT2D eigenvalue weighted by molar-refractivity contribution is 0.0742. The van der Waals surface area contributed by atoms with Gasteiger partial charge in [0.1, 0.15) is 0 Å². The maximum atomic E-state index is 11.4. The van der Waals surface area contributed by atoms with Gasteiger partial charge in [-0.05, 0) is 20.3 Å². The molecule has 0 spiro atoms. The summed E-state index contributed by atoms with van der Waals surface area (Å²) in [5, 5.41) is 0. The summed E-state index contributed by atoms with van der Waals surface area (Å²) < 4.78 is 10.3. The second-order valence-electron chi connectivity index (χ2n) is 3.39. The predicted molar refractivity (Wildman–Crippen MR) is 48.6 cm³/mol. The second-order valence-corrected chi connectivity index (χ2v) is 3.39. The monoisotopic (exact) mass is 187 g/mol. The number of carbonyl (C=O) groups excluding carboxylic acids is 1. The number of hydrogen-bond donors (Lipinski definition) is 0. The zero-order valence-electron chi connectivity index (χ0n) is 8.28. The third kappa shape index (κ3) is 3.63. The van der Waals surface area contributed by atoms with Crippen molar-refractivity contribution in [2.45, 2.75) is 26.4 Å². The van der Waals surface area contributed by atoms with E-state index in [4.69, 9.17) is 9.47 Å². The summed E-state index contributed by atoms with van der Waals surface area (Å²) in [6, 6.07) is 0. The molecule has 1 fully saturated rings. The predicted octanol–water partition coefficient (Wildman–Crippen LogP) is 1.25. The summed E-state index contributed by atoms with van der Waals surface area (Å²) >= 11 is 0. The molecule has 0 bridgehead atoms. The van der Waals surface area contributed by atoms with Crippen LogP contribution in [0.3, 0.4) is 0 Å². The van der Waals surface area contributed by atoms with Gasteiger partial charge in [-0.3, -0.25) is 0 Å². The van der Waals surface area contributed by atoms with E-state index < -0.39 is 0 Å². The van der Waals surface area contributed by atoms with Crippen LogP contribution in [0.15, 0.2) is 0 Å². The number of rotatable bonds is 1. The van der Waals surface area contributed by atoms with Crippen molar-refractivity contribution < 1.29 is 14.3 Å². The Bertz CT molecular complexity index is 162. The Morgan fingerprint density at radius 2 is 2.15 bits per heavy atom. The third-order valence-corrected chi connectivity index (χ3v) is 1.82. The Hall–Kier alpha value is -0.770. The fourth-order valence-electron chi connectivity index (χ4n) is 1.20. The van der Waals surface area contributed by atoms with Crippen LogP contribution < -0.4 is 0 Å². The van der Waals surface area contributed by atoms with Gasteiger partial charge in [0, 0.05) is 19.7 Å². The van der Waals surface area contributed by atoms with Crippen molar-refractivity contribution in [3.8, 4) is 0 Å². The molecule has 0 aromatic carbocycles. The van der Waals surface area contributed by atoms with E-state index in [1.54, 1.807) is 4.90 Å². The molecule has 1 heterocycles. The largest absolute Gasteiger partial charge is 0.447 e. The van der Waals surface area contributed by atoms with Gasteiger partial charge in [0.15, 0.2) is 0 Å². The molecule has 0 saturated carbocycles. The molecular formula is C9H17NO3. The summed E-state index contributed by atoms with van der Waals surface area (Å²) in [6.07, 6.45) is 0.630. The zero-order valence-corrected chi connectivity index (χ0v) is 8.28. The minimum absolute atomic E-state index is 0.0447. The van der Waals surface area contributed by atoms with Gasteiger partial charge in [-0.1, -0.05) is 0 Å². The first kappa shape index (κ1) is 10.3. The van der Waals surface area contributed by atoms with Gasteiger partial charge < -0.3 is 14.4 Å². The van der Waals surface area contributed by atoms with Gasteiger partial charge in [-0.2, -0.15) is 0 Å². The highest BCUT2D eigenvalue weighted by atomic mass is 16.6. The molecule has 1 amide bonds.